The van der Waals surface area contributed by atoms with Crippen LogP contribution < -0.4 is 10.6 Å². The molecule has 0 bridgehead atoms. The molecule has 1 aromatic heterocycles. The van der Waals surface area contributed by atoms with Crippen molar-refractivity contribution in [2.24, 2.45) is 4.99 Å². The molecule has 1 aliphatic rings. The van der Waals surface area contributed by atoms with E-state index in [1.54, 1.807) is 13.3 Å². The van der Waals surface area contributed by atoms with Gasteiger partial charge in [0.15, 0.2) is 5.96 Å². The fourth-order valence-corrected chi connectivity index (χ4v) is 3.51. The number of aromatic nitrogens is 1. The van der Waals surface area contributed by atoms with E-state index in [2.05, 4.69) is 63.3 Å². The molecule has 0 spiro atoms. The van der Waals surface area contributed by atoms with Gasteiger partial charge in [-0.05, 0) is 32.5 Å². The topological polar surface area (TPSA) is 68.9 Å². The number of guanidine groups is 1. The van der Waals surface area contributed by atoms with Gasteiger partial charge in [-0.1, -0.05) is 24.6 Å². The van der Waals surface area contributed by atoms with Gasteiger partial charge in [-0.3, -0.25) is 9.89 Å². The Balaban J connectivity index is 0.00000320. The third-order valence-electron chi connectivity index (χ3n) is 5.55. The lowest BCUT2D eigenvalue weighted by molar-refractivity contribution is 0.107. The van der Waals surface area contributed by atoms with E-state index in [9.17, 15) is 0 Å². The van der Waals surface area contributed by atoms with Gasteiger partial charge in [0, 0.05) is 51.4 Å². The number of hydrogen-bond acceptors (Lipinski definition) is 5. The molecule has 1 aromatic carbocycles. The molecular formula is C22H35IN6O. The second-order valence-electron chi connectivity index (χ2n) is 7.64. The average molecular weight is 526 g/mol. The van der Waals surface area contributed by atoms with Crippen molar-refractivity contribution >= 4 is 29.9 Å². The number of oxazole rings is 1. The van der Waals surface area contributed by atoms with Crippen molar-refractivity contribution in [2.45, 2.75) is 33.4 Å². The smallest absolute Gasteiger partial charge is 0.226 e. The number of piperazine rings is 1. The van der Waals surface area contributed by atoms with E-state index in [4.69, 9.17) is 4.42 Å². The maximum absolute atomic E-state index is 5.63. The Kier molecular flexibility index (Phi) is 10.1. The second-order valence-corrected chi connectivity index (χ2v) is 7.64. The summed E-state index contributed by atoms with van der Waals surface area (Å²) in [6.45, 7) is 13.7. The first-order valence-electron chi connectivity index (χ1n) is 10.5. The minimum atomic E-state index is 0. The maximum atomic E-state index is 5.63. The normalized spacial score (nSPS) is 16.7. The van der Waals surface area contributed by atoms with Crippen LogP contribution >= 0.6 is 24.0 Å². The highest BCUT2D eigenvalue weighted by molar-refractivity contribution is 14.0. The van der Waals surface area contributed by atoms with Crippen LogP contribution in [-0.4, -0.2) is 73.1 Å². The molecule has 2 N–H and O–H groups in total. The number of hydrogen-bond donors (Lipinski definition) is 2. The molecule has 1 saturated heterocycles. The number of benzene rings is 1. The highest BCUT2D eigenvalue weighted by Gasteiger charge is 2.20. The third kappa shape index (κ3) is 6.95. The second kappa shape index (κ2) is 12.3. The predicted octanol–water partition coefficient (Wildman–Crippen LogP) is 2.96. The fourth-order valence-electron chi connectivity index (χ4n) is 3.51. The van der Waals surface area contributed by atoms with E-state index in [1.807, 2.05) is 12.1 Å². The summed E-state index contributed by atoms with van der Waals surface area (Å²) >= 11 is 0. The molecule has 166 valence electrons. The summed E-state index contributed by atoms with van der Waals surface area (Å²) in [5, 5.41) is 6.76. The molecular weight excluding hydrogens is 491 g/mol. The van der Waals surface area contributed by atoms with Gasteiger partial charge in [-0.25, -0.2) is 4.98 Å². The van der Waals surface area contributed by atoms with E-state index in [1.165, 1.54) is 5.56 Å². The van der Waals surface area contributed by atoms with Crippen LogP contribution in [0.4, 0.5) is 0 Å². The first kappa shape index (κ1) is 24.6. The summed E-state index contributed by atoms with van der Waals surface area (Å²) in [5.41, 5.74) is 3.06. The van der Waals surface area contributed by atoms with Crippen molar-refractivity contribution < 1.29 is 4.42 Å². The quantitative estimate of drug-likeness (QED) is 0.329. The molecule has 1 atom stereocenters. The molecule has 1 fully saturated rings. The Morgan fingerprint density at radius 1 is 1.17 bits per heavy atom. The highest BCUT2D eigenvalue weighted by Crippen LogP contribution is 2.19. The third-order valence-corrected chi connectivity index (χ3v) is 5.55. The Morgan fingerprint density at radius 3 is 2.50 bits per heavy atom. The van der Waals surface area contributed by atoms with Crippen molar-refractivity contribution in [3.63, 3.8) is 0 Å². The maximum Gasteiger partial charge on any atom is 0.226 e. The van der Waals surface area contributed by atoms with Crippen molar-refractivity contribution in [1.29, 1.82) is 0 Å². The lowest BCUT2D eigenvalue weighted by Gasteiger charge is -2.37. The van der Waals surface area contributed by atoms with Crippen LogP contribution in [0.3, 0.4) is 0 Å². The fraction of sp³-hybridized carbons (Fsp3) is 0.545. The summed E-state index contributed by atoms with van der Waals surface area (Å²) in [4.78, 5) is 13.9. The van der Waals surface area contributed by atoms with Crippen molar-refractivity contribution in [3.8, 4) is 11.5 Å². The molecule has 0 aliphatic carbocycles. The number of halogens is 1. The molecule has 1 aliphatic heterocycles. The first-order chi connectivity index (χ1) is 14.1. The lowest BCUT2D eigenvalue weighted by atomic mass is 10.1. The van der Waals surface area contributed by atoms with Crippen molar-refractivity contribution in [1.82, 2.24) is 25.4 Å². The van der Waals surface area contributed by atoms with Gasteiger partial charge < -0.3 is 20.0 Å². The minimum absolute atomic E-state index is 0. The predicted molar refractivity (Wildman–Crippen MR) is 133 cm³/mol. The average Bonchev–Trinajstić information content (AvgIpc) is 3.23. The molecule has 8 heteroatoms. The summed E-state index contributed by atoms with van der Waals surface area (Å²) < 4.78 is 5.63. The van der Waals surface area contributed by atoms with E-state index in [-0.39, 0.29) is 24.0 Å². The van der Waals surface area contributed by atoms with Gasteiger partial charge >= 0.3 is 0 Å². The van der Waals surface area contributed by atoms with Crippen LogP contribution in [0, 0.1) is 6.92 Å². The zero-order chi connectivity index (χ0) is 20.6. The van der Waals surface area contributed by atoms with E-state index in [0.717, 1.165) is 56.5 Å². The monoisotopic (exact) mass is 526 g/mol. The zero-order valence-electron chi connectivity index (χ0n) is 18.5. The van der Waals surface area contributed by atoms with Gasteiger partial charge in [0.25, 0.3) is 0 Å². The lowest BCUT2D eigenvalue weighted by Crippen LogP contribution is -2.53. The van der Waals surface area contributed by atoms with Crippen molar-refractivity contribution in [2.75, 3.05) is 46.3 Å². The summed E-state index contributed by atoms with van der Waals surface area (Å²) in [5.74, 6) is 1.42. The van der Waals surface area contributed by atoms with Crippen LogP contribution in [0.5, 0.6) is 0 Å². The largest absolute Gasteiger partial charge is 0.444 e. The van der Waals surface area contributed by atoms with Crippen LogP contribution in [-0.2, 0) is 6.54 Å². The molecule has 2 heterocycles. The van der Waals surface area contributed by atoms with Crippen LogP contribution in [0.2, 0.25) is 0 Å². The number of aryl methyl sites for hydroxylation is 1. The standard InChI is InChI=1S/C22H34N6O.HI/c1-5-27-10-12-28(13-11-27)18(3)14-24-22(23-4)25-15-20-16-29-21(26-20)19-8-6-17(2)7-9-19;/h6-9,16,18H,5,10-15H2,1-4H3,(H2,23,24,25);1H. The van der Waals surface area contributed by atoms with Crippen LogP contribution in [0.1, 0.15) is 25.1 Å². The number of aliphatic imine (C=N–C) groups is 1. The summed E-state index contributed by atoms with van der Waals surface area (Å²) in [7, 11) is 1.79. The van der Waals surface area contributed by atoms with Gasteiger partial charge in [0.05, 0.1) is 12.2 Å². The molecule has 0 saturated carbocycles. The zero-order valence-corrected chi connectivity index (χ0v) is 20.8. The minimum Gasteiger partial charge on any atom is -0.444 e. The van der Waals surface area contributed by atoms with Gasteiger partial charge in [0.2, 0.25) is 5.89 Å². The summed E-state index contributed by atoms with van der Waals surface area (Å²) in [6.07, 6.45) is 1.70. The molecule has 30 heavy (non-hydrogen) atoms. The number of nitrogens with zero attached hydrogens (tertiary/aromatic N) is 4. The number of likely N-dealkylation sites (N-methyl/N-ethyl adjacent to an activating group) is 1. The molecule has 1 unspecified atom stereocenters. The Morgan fingerprint density at radius 2 is 1.87 bits per heavy atom. The Labute approximate surface area is 197 Å². The van der Waals surface area contributed by atoms with E-state index < -0.39 is 0 Å². The van der Waals surface area contributed by atoms with E-state index in [0.29, 0.717) is 18.5 Å². The first-order valence-corrected chi connectivity index (χ1v) is 10.5. The Hall–Kier alpha value is -1.65. The molecule has 2 aromatic rings. The van der Waals surface area contributed by atoms with E-state index >= 15 is 0 Å². The highest BCUT2D eigenvalue weighted by atomic mass is 127. The van der Waals surface area contributed by atoms with Crippen LogP contribution in [0.15, 0.2) is 39.9 Å². The van der Waals surface area contributed by atoms with Gasteiger partial charge in [-0.2, -0.15) is 0 Å². The SMILES string of the molecule is CCN1CCN(C(C)CNC(=NC)NCc2coc(-c3ccc(C)cc3)n2)CC1.I. The number of rotatable bonds is 7. The Bertz CT molecular complexity index is 783. The molecule has 7 nitrogen and oxygen atoms in total. The van der Waals surface area contributed by atoms with Gasteiger partial charge in [-0.15, -0.1) is 24.0 Å². The molecule has 0 amide bonds. The number of nitrogens with one attached hydrogen (secondary N) is 2. The van der Waals surface area contributed by atoms with Crippen molar-refractivity contribution in [3.05, 3.63) is 41.8 Å². The molecule has 3 rings (SSSR count). The van der Waals surface area contributed by atoms with Crippen LogP contribution in [0.25, 0.3) is 11.5 Å². The summed E-state index contributed by atoms with van der Waals surface area (Å²) in [6, 6.07) is 8.65. The molecule has 0 radical (unpaired) electrons. The van der Waals surface area contributed by atoms with Gasteiger partial charge in [0.1, 0.15) is 6.26 Å².